The third kappa shape index (κ3) is 7.50. The molecule has 0 aromatic heterocycles. The fourth-order valence-corrected chi connectivity index (χ4v) is 2.45. The van der Waals surface area contributed by atoms with Gasteiger partial charge >= 0.3 is 0 Å². The lowest BCUT2D eigenvalue weighted by Gasteiger charge is -2.19. The zero-order chi connectivity index (χ0) is 20.2. The number of benzene rings is 2. The Hall–Kier alpha value is -2.70. The Bertz CT molecular complexity index is 704. The summed E-state index contributed by atoms with van der Waals surface area (Å²) in [5.74, 6) is 2.68. The highest BCUT2D eigenvalue weighted by Gasteiger charge is 2.10. The Morgan fingerprint density at radius 3 is 2.39 bits per heavy atom. The average molecular weight is 387 g/mol. The van der Waals surface area contributed by atoms with Gasteiger partial charge in [-0.05, 0) is 49.7 Å². The largest absolute Gasteiger partial charge is 0.493 e. The van der Waals surface area contributed by atoms with Crippen LogP contribution in [0.2, 0.25) is 0 Å². The van der Waals surface area contributed by atoms with Crippen LogP contribution < -0.4 is 24.3 Å². The first-order valence-corrected chi connectivity index (χ1v) is 9.34. The minimum atomic E-state index is -0.918. The molecule has 0 bridgehead atoms. The molecule has 2 aromatic rings. The van der Waals surface area contributed by atoms with Crippen LogP contribution in [0.25, 0.3) is 0 Å². The summed E-state index contributed by atoms with van der Waals surface area (Å²) in [6.45, 7) is 6.67. The molecule has 2 N–H and O–H groups in total. The molecule has 0 fully saturated rings. The van der Waals surface area contributed by atoms with Crippen molar-refractivity contribution in [2.45, 2.75) is 32.3 Å². The molecular weight excluding hydrogens is 358 g/mol. The van der Waals surface area contributed by atoms with Gasteiger partial charge in [0.15, 0.2) is 17.8 Å². The lowest BCUT2D eigenvalue weighted by molar-refractivity contribution is -0.0241. The number of para-hydroxylation sites is 2. The van der Waals surface area contributed by atoms with E-state index in [1.165, 1.54) is 0 Å². The normalized spacial score (nSPS) is 12.7. The van der Waals surface area contributed by atoms with Crippen LogP contribution in [0.3, 0.4) is 0 Å². The van der Waals surface area contributed by atoms with Crippen molar-refractivity contribution in [3.05, 3.63) is 61.2 Å². The minimum Gasteiger partial charge on any atom is -0.493 e. The van der Waals surface area contributed by atoms with Gasteiger partial charge in [0.25, 0.3) is 0 Å². The van der Waals surface area contributed by atoms with E-state index in [1.54, 1.807) is 19.2 Å². The van der Waals surface area contributed by atoms with Gasteiger partial charge in [0.05, 0.1) is 13.7 Å². The molecule has 0 radical (unpaired) electrons. The second-order valence-electron chi connectivity index (χ2n) is 6.12. The van der Waals surface area contributed by atoms with Gasteiger partial charge in [-0.3, -0.25) is 5.32 Å². The van der Waals surface area contributed by atoms with Gasteiger partial charge in [-0.2, -0.15) is 0 Å². The van der Waals surface area contributed by atoms with Crippen LogP contribution in [0.5, 0.6) is 23.0 Å². The molecule has 2 atom stereocenters. The Labute approximate surface area is 166 Å². The third-order valence-electron chi connectivity index (χ3n) is 3.88. The second kappa shape index (κ2) is 11.9. The fraction of sp³-hybridized carbons (Fsp3) is 0.364. The molecule has 2 unspecified atom stereocenters. The van der Waals surface area contributed by atoms with Crippen molar-refractivity contribution in [2.75, 3.05) is 20.3 Å². The molecule has 0 saturated heterocycles. The van der Waals surface area contributed by atoms with Gasteiger partial charge in [0, 0.05) is 13.0 Å². The number of hydrogen-bond acceptors (Lipinski definition) is 6. The first-order valence-electron chi connectivity index (χ1n) is 9.34. The highest BCUT2D eigenvalue weighted by Crippen LogP contribution is 2.26. The summed E-state index contributed by atoms with van der Waals surface area (Å²) in [5.41, 5.74) is 0. The van der Waals surface area contributed by atoms with E-state index in [-0.39, 0.29) is 6.23 Å². The molecule has 0 amide bonds. The van der Waals surface area contributed by atoms with Gasteiger partial charge < -0.3 is 24.1 Å². The van der Waals surface area contributed by atoms with Crippen molar-refractivity contribution in [1.82, 2.24) is 5.32 Å². The summed E-state index contributed by atoms with van der Waals surface area (Å²) < 4.78 is 22.1. The number of hydrogen-bond donors (Lipinski definition) is 2. The highest BCUT2D eigenvalue weighted by atomic mass is 16.6. The van der Waals surface area contributed by atoms with E-state index >= 15 is 0 Å². The smallest absolute Gasteiger partial charge is 0.198 e. The summed E-state index contributed by atoms with van der Waals surface area (Å²) in [6.07, 6.45) is 1.86. The molecule has 0 spiro atoms. The van der Waals surface area contributed by atoms with Crippen LogP contribution in [0.1, 0.15) is 19.8 Å². The quantitative estimate of drug-likeness (QED) is 0.310. The zero-order valence-electron chi connectivity index (χ0n) is 16.5. The van der Waals surface area contributed by atoms with Crippen LogP contribution >= 0.6 is 0 Å². The van der Waals surface area contributed by atoms with E-state index in [0.717, 1.165) is 12.2 Å². The van der Waals surface area contributed by atoms with Crippen LogP contribution in [0.4, 0.5) is 0 Å². The lowest BCUT2D eigenvalue weighted by atomic mass is 10.3. The van der Waals surface area contributed by atoms with Crippen molar-refractivity contribution in [3.63, 3.8) is 0 Å². The highest BCUT2D eigenvalue weighted by molar-refractivity contribution is 5.39. The average Bonchev–Trinajstić information content (AvgIpc) is 2.70. The number of rotatable bonds is 13. The van der Waals surface area contributed by atoms with E-state index in [1.807, 2.05) is 49.4 Å². The van der Waals surface area contributed by atoms with E-state index in [0.29, 0.717) is 36.8 Å². The monoisotopic (exact) mass is 387 g/mol. The third-order valence-corrected chi connectivity index (χ3v) is 3.88. The van der Waals surface area contributed by atoms with Gasteiger partial charge in [-0.1, -0.05) is 18.2 Å². The van der Waals surface area contributed by atoms with Crippen LogP contribution in [0, 0.1) is 0 Å². The number of ether oxygens (including phenoxy) is 4. The molecule has 2 rings (SSSR count). The van der Waals surface area contributed by atoms with Crippen molar-refractivity contribution in [3.8, 4) is 23.0 Å². The first-order chi connectivity index (χ1) is 13.6. The molecule has 6 heteroatoms. The van der Waals surface area contributed by atoms with E-state index < -0.39 is 6.29 Å². The van der Waals surface area contributed by atoms with Gasteiger partial charge in [0.1, 0.15) is 17.7 Å². The second-order valence-corrected chi connectivity index (χ2v) is 6.12. The molecular formula is C22H29NO5. The van der Waals surface area contributed by atoms with E-state index in [9.17, 15) is 5.11 Å². The predicted octanol–water partition coefficient (Wildman–Crippen LogP) is 3.75. The summed E-state index contributed by atoms with van der Waals surface area (Å²) in [4.78, 5) is 0. The van der Waals surface area contributed by atoms with E-state index in [2.05, 4.69) is 11.9 Å². The molecule has 0 aliphatic carbocycles. The van der Waals surface area contributed by atoms with Crippen molar-refractivity contribution in [2.24, 2.45) is 0 Å². The molecule has 0 heterocycles. The topological polar surface area (TPSA) is 69.2 Å². The Balaban J connectivity index is 1.69. The zero-order valence-corrected chi connectivity index (χ0v) is 16.5. The molecule has 28 heavy (non-hydrogen) atoms. The minimum absolute atomic E-state index is 0.240. The number of nitrogens with one attached hydrogen (secondary N) is 1. The molecule has 2 aromatic carbocycles. The predicted molar refractivity (Wildman–Crippen MR) is 109 cm³/mol. The Morgan fingerprint density at radius 2 is 1.71 bits per heavy atom. The van der Waals surface area contributed by atoms with Gasteiger partial charge in [-0.25, -0.2) is 0 Å². The fourth-order valence-electron chi connectivity index (χ4n) is 2.45. The maximum Gasteiger partial charge on any atom is 0.198 e. The molecule has 0 aliphatic rings. The van der Waals surface area contributed by atoms with Crippen LogP contribution in [-0.2, 0) is 0 Å². The molecule has 152 valence electrons. The van der Waals surface area contributed by atoms with Crippen molar-refractivity contribution >= 4 is 0 Å². The standard InChI is InChI=1S/C22H29NO5/c1-4-5-16-26-18-10-12-19(13-11-18)28-22(24)14-15-23-17(2)27-21-9-7-6-8-20(21)25-3/h4,6-13,17,22-24H,1,5,14-16H2,2-3H3. The maximum absolute atomic E-state index is 10.1. The van der Waals surface area contributed by atoms with Crippen LogP contribution in [-0.4, -0.2) is 37.9 Å². The SMILES string of the molecule is C=CCCOc1ccc(OC(O)CCNC(C)Oc2ccccc2OC)cc1. The maximum atomic E-state index is 10.1. The van der Waals surface area contributed by atoms with Crippen molar-refractivity contribution < 1.29 is 24.1 Å². The Morgan fingerprint density at radius 1 is 1.04 bits per heavy atom. The summed E-state index contributed by atoms with van der Waals surface area (Å²) in [6, 6.07) is 14.6. The molecule has 6 nitrogen and oxygen atoms in total. The molecule has 0 saturated carbocycles. The van der Waals surface area contributed by atoms with Gasteiger partial charge in [-0.15, -0.1) is 6.58 Å². The lowest BCUT2D eigenvalue weighted by Crippen LogP contribution is -2.34. The number of methoxy groups -OCH3 is 1. The number of aliphatic hydroxyl groups excluding tert-OH is 1. The van der Waals surface area contributed by atoms with Crippen molar-refractivity contribution in [1.29, 1.82) is 0 Å². The van der Waals surface area contributed by atoms with Crippen LogP contribution in [0.15, 0.2) is 61.2 Å². The molecule has 0 aliphatic heterocycles. The summed E-state index contributed by atoms with van der Waals surface area (Å²) >= 11 is 0. The van der Waals surface area contributed by atoms with E-state index in [4.69, 9.17) is 18.9 Å². The van der Waals surface area contributed by atoms with Gasteiger partial charge in [0.2, 0.25) is 0 Å². The summed E-state index contributed by atoms with van der Waals surface area (Å²) in [5, 5.41) is 13.3. The summed E-state index contributed by atoms with van der Waals surface area (Å²) in [7, 11) is 1.61. The first kappa shape index (κ1) is 21.6. The number of aliphatic hydroxyl groups is 1. The Kier molecular flexibility index (Phi) is 9.18.